The highest BCUT2D eigenvalue weighted by molar-refractivity contribution is 8.07. The van der Waals surface area contributed by atoms with E-state index in [-0.39, 0.29) is 0 Å². The standard InChI is InChI=1S/C17H26N2O2S.C14H16O.C7H15NO.C2H6/c1-7-8-15(22-6)12-9-10-13(14(11-12)18-5)19-16(20)21-17(2,3)4;1-10-3-4-12(9-15)8-14(10)7-11(2)13-5-6-13;1-2-3-8-4-6-9-7-5-8;1-2/h8-11,18H,7H2,1-6H3,(H,19,20);3-4,7-9,13H,5-6H2,1-2H3;2-7H2,1H3;1-2H3/b15-8-;11-7+;;. The third-order valence-corrected chi connectivity index (χ3v) is 8.35. The molecule has 2 aromatic carbocycles. The Morgan fingerprint density at radius 3 is 2.25 bits per heavy atom. The number of anilines is 2. The van der Waals surface area contributed by atoms with Gasteiger partial charge in [0.25, 0.3) is 0 Å². The Balaban J connectivity index is 0.000000380. The van der Waals surface area contributed by atoms with Gasteiger partial charge in [-0.1, -0.05) is 63.6 Å². The largest absolute Gasteiger partial charge is 0.444 e. The molecular weight excluding hydrogens is 619 g/mol. The number of hydrogen-bond acceptors (Lipinski definition) is 7. The fraction of sp³-hybridized carbons (Fsp3) is 0.550. The zero-order valence-corrected chi connectivity index (χ0v) is 32.4. The van der Waals surface area contributed by atoms with Gasteiger partial charge in [0.15, 0.2) is 0 Å². The number of aldehydes is 1. The maximum Gasteiger partial charge on any atom is 0.412 e. The summed E-state index contributed by atoms with van der Waals surface area (Å²) in [6.07, 6.45) is 11.8. The van der Waals surface area contributed by atoms with E-state index in [0.29, 0.717) is 5.69 Å². The number of benzene rings is 2. The monoisotopic (exact) mass is 681 g/mol. The molecule has 0 radical (unpaired) electrons. The molecule has 2 N–H and O–H groups in total. The van der Waals surface area contributed by atoms with Crippen molar-refractivity contribution < 1.29 is 19.1 Å². The minimum absolute atomic E-state index is 0.453. The Morgan fingerprint density at radius 2 is 1.73 bits per heavy atom. The Labute approximate surface area is 296 Å². The number of hydrogen-bond donors (Lipinski definition) is 2. The van der Waals surface area contributed by atoms with Gasteiger partial charge >= 0.3 is 6.09 Å². The van der Waals surface area contributed by atoms with Crippen LogP contribution in [-0.2, 0) is 9.47 Å². The maximum absolute atomic E-state index is 11.9. The van der Waals surface area contributed by atoms with E-state index in [4.69, 9.17) is 9.47 Å². The molecule has 4 rings (SSSR count). The molecule has 0 aromatic heterocycles. The lowest BCUT2D eigenvalue weighted by Gasteiger charge is -2.25. The zero-order valence-electron chi connectivity index (χ0n) is 31.6. The quantitative estimate of drug-likeness (QED) is 0.242. The van der Waals surface area contributed by atoms with Crippen LogP contribution in [0.15, 0.2) is 48.0 Å². The minimum Gasteiger partial charge on any atom is -0.444 e. The van der Waals surface area contributed by atoms with E-state index in [1.807, 2.05) is 78.1 Å². The molecule has 0 spiro atoms. The van der Waals surface area contributed by atoms with E-state index in [0.717, 1.165) is 61.7 Å². The minimum atomic E-state index is -0.514. The van der Waals surface area contributed by atoms with Gasteiger partial charge in [-0.15, -0.1) is 11.8 Å². The van der Waals surface area contributed by atoms with Crippen LogP contribution in [-0.4, -0.2) is 69.0 Å². The predicted octanol–water partition coefficient (Wildman–Crippen LogP) is 10.6. The summed E-state index contributed by atoms with van der Waals surface area (Å²) in [6.45, 7) is 23.5. The number of rotatable bonds is 10. The molecule has 1 aliphatic carbocycles. The van der Waals surface area contributed by atoms with Crippen LogP contribution in [0.5, 0.6) is 0 Å². The van der Waals surface area contributed by atoms with Gasteiger partial charge in [-0.05, 0) is 114 Å². The first-order valence-electron chi connectivity index (χ1n) is 17.5. The number of nitrogens with zero attached hydrogens (tertiary/aromatic N) is 1. The molecule has 1 saturated heterocycles. The first-order chi connectivity index (χ1) is 22.9. The number of morpholine rings is 1. The molecule has 7 nitrogen and oxygen atoms in total. The van der Waals surface area contributed by atoms with E-state index in [1.165, 1.54) is 47.4 Å². The van der Waals surface area contributed by atoms with Crippen molar-refractivity contribution >= 4 is 46.5 Å². The predicted molar refractivity (Wildman–Crippen MR) is 209 cm³/mol. The molecule has 8 heteroatoms. The van der Waals surface area contributed by atoms with Crippen molar-refractivity contribution in [1.82, 2.24) is 4.90 Å². The number of allylic oxidation sites excluding steroid dienone is 2. The number of amides is 1. The number of thioether (sulfide) groups is 1. The van der Waals surface area contributed by atoms with Crippen LogP contribution >= 0.6 is 11.8 Å². The van der Waals surface area contributed by atoms with E-state index in [2.05, 4.69) is 61.6 Å². The van der Waals surface area contributed by atoms with Gasteiger partial charge in [0, 0.05) is 30.6 Å². The first kappa shape index (κ1) is 43.0. The van der Waals surface area contributed by atoms with E-state index >= 15 is 0 Å². The van der Waals surface area contributed by atoms with Crippen molar-refractivity contribution in [3.63, 3.8) is 0 Å². The summed E-state index contributed by atoms with van der Waals surface area (Å²) in [4.78, 5) is 26.3. The van der Waals surface area contributed by atoms with Gasteiger partial charge in [0.05, 0.1) is 24.6 Å². The van der Waals surface area contributed by atoms with Gasteiger partial charge in [-0.25, -0.2) is 4.79 Å². The van der Waals surface area contributed by atoms with Crippen LogP contribution < -0.4 is 10.6 Å². The average Bonchev–Trinajstić information content (AvgIpc) is 3.92. The summed E-state index contributed by atoms with van der Waals surface area (Å²) in [7, 11) is 1.84. The van der Waals surface area contributed by atoms with E-state index < -0.39 is 11.7 Å². The summed E-state index contributed by atoms with van der Waals surface area (Å²) >= 11 is 1.72. The number of ether oxygens (including phenoxy) is 2. The molecule has 1 aliphatic heterocycles. The molecule has 2 aliphatic rings. The molecule has 1 saturated carbocycles. The average molecular weight is 682 g/mol. The van der Waals surface area contributed by atoms with Gasteiger partial charge in [-0.2, -0.15) is 0 Å². The third-order valence-electron chi connectivity index (χ3n) is 7.51. The van der Waals surface area contributed by atoms with Crippen LogP contribution in [0.3, 0.4) is 0 Å². The molecular formula is C40H63N3O4S. The van der Waals surface area contributed by atoms with Crippen LogP contribution in [0.4, 0.5) is 16.2 Å². The Bertz CT molecular complexity index is 1300. The lowest BCUT2D eigenvalue weighted by Crippen LogP contribution is -2.36. The second-order valence-corrected chi connectivity index (χ2v) is 13.5. The van der Waals surface area contributed by atoms with Gasteiger partial charge < -0.3 is 14.8 Å². The highest BCUT2D eigenvalue weighted by atomic mass is 32.2. The van der Waals surface area contributed by atoms with Crippen LogP contribution in [0.25, 0.3) is 11.0 Å². The topological polar surface area (TPSA) is 79.9 Å². The van der Waals surface area contributed by atoms with Gasteiger partial charge in [0.2, 0.25) is 0 Å². The smallest absolute Gasteiger partial charge is 0.412 e. The van der Waals surface area contributed by atoms with Crippen molar-refractivity contribution in [2.75, 3.05) is 56.8 Å². The Kier molecular flexibility index (Phi) is 20.9. The number of aryl methyl sites for hydroxylation is 1. The van der Waals surface area contributed by atoms with Gasteiger partial charge in [0.1, 0.15) is 11.9 Å². The van der Waals surface area contributed by atoms with Crippen molar-refractivity contribution in [1.29, 1.82) is 0 Å². The second kappa shape index (κ2) is 23.3. The molecule has 48 heavy (non-hydrogen) atoms. The number of nitrogens with one attached hydrogen (secondary N) is 2. The highest BCUT2D eigenvalue weighted by Gasteiger charge is 2.23. The fourth-order valence-corrected chi connectivity index (χ4v) is 5.56. The van der Waals surface area contributed by atoms with Crippen molar-refractivity contribution in [3.05, 3.63) is 70.3 Å². The number of carbonyl (C=O) groups is 2. The summed E-state index contributed by atoms with van der Waals surface area (Å²) in [5, 5.41) is 5.90. The SMILES string of the molecule is C/C(=C\c1cc(C=O)ccc1C)C1CC1.CC.CC/C=C(\SC)c1ccc(NC(=O)OC(C)(C)C)c(NC)c1.CCCN1CCOCC1. The summed E-state index contributed by atoms with van der Waals surface area (Å²) in [5.74, 6) is 0.796. The third kappa shape index (κ3) is 16.8. The fourth-order valence-electron chi connectivity index (χ4n) is 4.86. The summed E-state index contributed by atoms with van der Waals surface area (Å²) in [6, 6.07) is 11.8. The zero-order chi connectivity index (χ0) is 36.1. The van der Waals surface area contributed by atoms with Crippen molar-refractivity contribution in [2.45, 2.75) is 93.6 Å². The molecule has 0 unspecified atom stereocenters. The van der Waals surface area contributed by atoms with Gasteiger partial charge in [-0.3, -0.25) is 15.0 Å². The molecule has 1 heterocycles. The first-order valence-corrected chi connectivity index (χ1v) is 18.8. The summed E-state index contributed by atoms with van der Waals surface area (Å²) in [5.41, 5.74) is 6.81. The number of carbonyl (C=O) groups excluding carboxylic acids is 2. The maximum atomic E-state index is 11.9. The Hall–Kier alpha value is -3.07. The second-order valence-electron chi connectivity index (χ2n) is 12.7. The van der Waals surface area contributed by atoms with Crippen LogP contribution in [0, 0.1) is 12.8 Å². The van der Waals surface area contributed by atoms with E-state index in [1.54, 1.807) is 11.8 Å². The highest BCUT2D eigenvalue weighted by Crippen LogP contribution is 2.37. The van der Waals surface area contributed by atoms with Crippen LogP contribution in [0.1, 0.15) is 108 Å². The summed E-state index contributed by atoms with van der Waals surface area (Å²) < 4.78 is 10.5. The molecule has 0 bridgehead atoms. The van der Waals surface area contributed by atoms with Crippen molar-refractivity contribution in [2.24, 2.45) is 5.92 Å². The molecule has 2 aromatic rings. The normalized spacial score (nSPS) is 15.0. The Morgan fingerprint density at radius 1 is 1.06 bits per heavy atom. The van der Waals surface area contributed by atoms with Crippen molar-refractivity contribution in [3.8, 4) is 0 Å². The van der Waals surface area contributed by atoms with E-state index in [9.17, 15) is 9.59 Å². The molecule has 0 atom stereocenters. The molecule has 268 valence electrons. The lowest BCUT2D eigenvalue weighted by atomic mass is 10.0. The molecule has 1 amide bonds. The van der Waals surface area contributed by atoms with Crippen LogP contribution in [0.2, 0.25) is 0 Å². The molecule has 2 fully saturated rings. The lowest BCUT2D eigenvalue weighted by molar-refractivity contribution is 0.0380.